The van der Waals surface area contributed by atoms with E-state index in [0.29, 0.717) is 12.6 Å². The van der Waals surface area contributed by atoms with E-state index in [1.807, 2.05) is 0 Å². The Labute approximate surface area is 99.6 Å². The largest absolute Gasteiger partial charge is 0.285 e. The summed E-state index contributed by atoms with van der Waals surface area (Å²) in [7, 11) is 0. The van der Waals surface area contributed by atoms with Crippen molar-refractivity contribution in [3.63, 3.8) is 0 Å². The minimum Gasteiger partial charge on any atom is -0.285 e. The van der Waals surface area contributed by atoms with Crippen LogP contribution in [0.4, 0.5) is 0 Å². The second kappa shape index (κ2) is 6.25. The molecule has 0 radical (unpaired) electrons. The Bertz CT molecular complexity index is 230. The molecule has 90 valence electrons. The summed E-state index contributed by atoms with van der Waals surface area (Å²) in [6.07, 6.45) is 13.6. The van der Waals surface area contributed by atoms with Gasteiger partial charge in [0.15, 0.2) is 0 Å². The topological polar surface area (TPSA) is 27.0 Å². The van der Waals surface area contributed by atoms with E-state index in [9.17, 15) is 0 Å². The molecule has 2 aliphatic carbocycles. The minimum absolute atomic E-state index is 0.662. The first kappa shape index (κ1) is 11.9. The van der Waals surface area contributed by atoms with Crippen LogP contribution in [-0.2, 0) is 0 Å². The first-order chi connectivity index (χ1) is 7.92. The van der Waals surface area contributed by atoms with E-state index in [1.54, 1.807) is 0 Å². The molecule has 0 atom stereocenters. The van der Waals surface area contributed by atoms with Crippen molar-refractivity contribution in [2.75, 3.05) is 6.54 Å². The molecule has 0 saturated heterocycles. The number of rotatable bonds is 3. The number of hydrogen-bond acceptors (Lipinski definition) is 2. The third-order valence-corrected chi connectivity index (χ3v) is 4.34. The molecule has 0 aliphatic heterocycles. The molecular formula is C14H24N2. The Morgan fingerprint density at radius 1 is 0.812 bits per heavy atom. The molecule has 2 heteroatoms. The summed E-state index contributed by atoms with van der Waals surface area (Å²) in [6, 6.07) is 3.83. The van der Waals surface area contributed by atoms with E-state index in [2.05, 4.69) is 11.0 Å². The second-order valence-electron chi connectivity index (χ2n) is 5.41. The maximum Gasteiger partial charge on any atom is 0.0870 e. The maximum atomic E-state index is 9.01. The monoisotopic (exact) mass is 220 g/mol. The summed E-state index contributed by atoms with van der Waals surface area (Å²) >= 11 is 0. The van der Waals surface area contributed by atoms with Crippen LogP contribution in [0.25, 0.3) is 0 Å². The Morgan fingerprint density at radius 2 is 1.25 bits per heavy atom. The van der Waals surface area contributed by atoms with Gasteiger partial charge in [-0.3, -0.25) is 4.90 Å². The second-order valence-corrected chi connectivity index (χ2v) is 5.41. The van der Waals surface area contributed by atoms with Crippen LogP contribution < -0.4 is 0 Å². The van der Waals surface area contributed by atoms with Gasteiger partial charge in [0.1, 0.15) is 0 Å². The molecule has 0 N–H and O–H groups in total. The van der Waals surface area contributed by atoms with Gasteiger partial charge in [-0.25, -0.2) is 0 Å². The van der Waals surface area contributed by atoms with Crippen molar-refractivity contribution in [3.05, 3.63) is 0 Å². The fourth-order valence-corrected chi connectivity index (χ4v) is 3.46. The van der Waals surface area contributed by atoms with Crippen LogP contribution >= 0.6 is 0 Å². The molecule has 0 aromatic heterocycles. The summed E-state index contributed by atoms with van der Waals surface area (Å²) < 4.78 is 0. The SMILES string of the molecule is N#CCN(C1CCCCCC1)C1CCCC1. The van der Waals surface area contributed by atoms with Gasteiger partial charge in [-0.05, 0) is 25.7 Å². The lowest BCUT2D eigenvalue weighted by Crippen LogP contribution is -2.42. The zero-order valence-electron chi connectivity index (χ0n) is 10.3. The fraction of sp³-hybridized carbons (Fsp3) is 0.929. The van der Waals surface area contributed by atoms with E-state index < -0.39 is 0 Å². The van der Waals surface area contributed by atoms with E-state index >= 15 is 0 Å². The van der Waals surface area contributed by atoms with Crippen LogP contribution in [0.15, 0.2) is 0 Å². The molecule has 0 bridgehead atoms. The van der Waals surface area contributed by atoms with Crippen LogP contribution in [0.2, 0.25) is 0 Å². The summed E-state index contributed by atoms with van der Waals surface area (Å²) in [5.74, 6) is 0. The van der Waals surface area contributed by atoms with Crippen molar-refractivity contribution in [1.82, 2.24) is 4.90 Å². The summed E-state index contributed by atoms with van der Waals surface area (Å²) in [4.78, 5) is 2.54. The molecule has 0 heterocycles. The van der Waals surface area contributed by atoms with Crippen LogP contribution in [0, 0.1) is 11.3 Å². The van der Waals surface area contributed by atoms with Gasteiger partial charge in [0.25, 0.3) is 0 Å². The van der Waals surface area contributed by atoms with Crippen LogP contribution in [-0.4, -0.2) is 23.5 Å². The third-order valence-electron chi connectivity index (χ3n) is 4.34. The molecule has 0 spiro atoms. The van der Waals surface area contributed by atoms with Crippen molar-refractivity contribution in [2.45, 2.75) is 76.3 Å². The molecule has 2 fully saturated rings. The normalized spacial score (nSPS) is 24.5. The molecule has 2 aliphatic rings. The predicted octanol–water partition coefficient (Wildman–Crippen LogP) is 3.48. The van der Waals surface area contributed by atoms with Crippen molar-refractivity contribution in [1.29, 1.82) is 5.26 Å². The Morgan fingerprint density at radius 3 is 1.69 bits per heavy atom. The molecule has 2 rings (SSSR count). The predicted molar refractivity (Wildman–Crippen MR) is 66.1 cm³/mol. The average Bonchev–Trinajstić information content (AvgIpc) is 2.69. The van der Waals surface area contributed by atoms with E-state index in [1.165, 1.54) is 64.2 Å². The first-order valence-electron chi connectivity index (χ1n) is 7.04. The van der Waals surface area contributed by atoms with Crippen molar-refractivity contribution >= 4 is 0 Å². The molecule has 0 amide bonds. The number of nitrogens with zero attached hydrogens (tertiary/aromatic N) is 2. The van der Waals surface area contributed by atoms with Gasteiger partial charge in [0, 0.05) is 12.1 Å². The lowest BCUT2D eigenvalue weighted by atomic mass is 10.0. The van der Waals surface area contributed by atoms with Crippen LogP contribution in [0.3, 0.4) is 0 Å². The van der Waals surface area contributed by atoms with Gasteiger partial charge >= 0.3 is 0 Å². The van der Waals surface area contributed by atoms with Gasteiger partial charge in [-0.15, -0.1) is 0 Å². The standard InChI is InChI=1S/C14H24N2/c15-11-12-16(14-9-5-6-10-14)13-7-3-1-2-4-8-13/h13-14H,1-10,12H2. The highest BCUT2D eigenvalue weighted by Gasteiger charge is 2.28. The van der Waals surface area contributed by atoms with Crippen molar-refractivity contribution in [2.24, 2.45) is 0 Å². The van der Waals surface area contributed by atoms with Gasteiger partial charge < -0.3 is 0 Å². The highest BCUT2D eigenvalue weighted by molar-refractivity contribution is 4.89. The van der Waals surface area contributed by atoms with Gasteiger partial charge in [0.05, 0.1) is 12.6 Å². The lowest BCUT2D eigenvalue weighted by Gasteiger charge is -2.34. The molecule has 0 aromatic carbocycles. The summed E-state index contributed by atoms with van der Waals surface area (Å²) in [5.41, 5.74) is 0. The van der Waals surface area contributed by atoms with Gasteiger partial charge in [0.2, 0.25) is 0 Å². The molecule has 2 saturated carbocycles. The molecule has 0 aromatic rings. The highest BCUT2D eigenvalue weighted by Crippen LogP contribution is 2.29. The van der Waals surface area contributed by atoms with Crippen molar-refractivity contribution < 1.29 is 0 Å². The van der Waals surface area contributed by atoms with Gasteiger partial charge in [-0.1, -0.05) is 38.5 Å². The summed E-state index contributed by atoms with van der Waals surface area (Å²) in [5, 5.41) is 9.01. The van der Waals surface area contributed by atoms with E-state index in [0.717, 1.165) is 6.04 Å². The molecule has 0 unspecified atom stereocenters. The lowest BCUT2D eigenvalue weighted by molar-refractivity contribution is 0.141. The zero-order chi connectivity index (χ0) is 11.2. The van der Waals surface area contributed by atoms with Crippen LogP contribution in [0.1, 0.15) is 64.2 Å². The number of hydrogen-bond donors (Lipinski definition) is 0. The first-order valence-corrected chi connectivity index (χ1v) is 7.04. The van der Waals surface area contributed by atoms with Gasteiger partial charge in [-0.2, -0.15) is 5.26 Å². The third kappa shape index (κ3) is 2.98. The quantitative estimate of drug-likeness (QED) is 0.538. The Hall–Kier alpha value is -0.550. The highest BCUT2D eigenvalue weighted by atomic mass is 15.2. The smallest absolute Gasteiger partial charge is 0.0870 e. The van der Waals surface area contributed by atoms with E-state index in [4.69, 9.17) is 5.26 Å². The summed E-state index contributed by atoms with van der Waals surface area (Å²) in [6.45, 7) is 0.662. The Kier molecular flexibility index (Phi) is 4.66. The Balaban J connectivity index is 1.96. The minimum atomic E-state index is 0.662. The average molecular weight is 220 g/mol. The number of nitriles is 1. The van der Waals surface area contributed by atoms with Crippen molar-refractivity contribution in [3.8, 4) is 6.07 Å². The van der Waals surface area contributed by atoms with Crippen LogP contribution in [0.5, 0.6) is 0 Å². The zero-order valence-corrected chi connectivity index (χ0v) is 10.3. The molecule has 2 nitrogen and oxygen atoms in total. The maximum absolute atomic E-state index is 9.01. The van der Waals surface area contributed by atoms with E-state index in [-0.39, 0.29) is 0 Å². The molecular weight excluding hydrogens is 196 g/mol. The molecule has 16 heavy (non-hydrogen) atoms. The fourth-order valence-electron chi connectivity index (χ4n) is 3.46.